The molecule has 7 heteroatoms. The fourth-order valence-corrected chi connectivity index (χ4v) is 4.23. The van der Waals surface area contributed by atoms with Gasteiger partial charge in [0, 0.05) is 25.2 Å². The third-order valence-electron chi connectivity index (χ3n) is 6.24. The fourth-order valence-electron chi connectivity index (χ4n) is 4.23. The van der Waals surface area contributed by atoms with E-state index in [1.54, 1.807) is 0 Å². The Morgan fingerprint density at radius 2 is 1.79 bits per heavy atom. The molecule has 7 nitrogen and oxygen atoms in total. The van der Waals surface area contributed by atoms with E-state index in [1.165, 1.54) is 6.42 Å². The molecule has 1 saturated carbocycles. The van der Waals surface area contributed by atoms with Gasteiger partial charge in [0.25, 0.3) is 0 Å². The predicted molar refractivity (Wildman–Crippen MR) is 110 cm³/mol. The third-order valence-corrected chi connectivity index (χ3v) is 6.24. The summed E-state index contributed by atoms with van der Waals surface area (Å²) in [6.07, 6.45) is 8.18. The minimum absolute atomic E-state index is 0.0785. The molecule has 28 heavy (non-hydrogen) atoms. The van der Waals surface area contributed by atoms with Crippen LogP contribution in [0, 0.1) is 11.8 Å². The maximum Gasteiger partial charge on any atom is 0.321 e. The number of nitrogens with one attached hydrogen (secondary N) is 3. The van der Waals surface area contributed by atoms with Gasteiger partial charge in [-0.25, -0.2) is 4.79 Å². The summed E-state index contributed by atoms with van der Waals surface area (Å²) in [5.74, 6) is 0.135. The highest BCUT2D eigenvalue weighted by molar-refractivity contribution is 5.95. The summed E-state index contributed by atoms with van der Waals surface area (Å²) in [6.45, 7) is 7.73. The summed E-state index contributed by atoms with van der Waals surface area (Å²) < 4.78 is 0. The van der Waals surface area contributed by atoms with Crippen LogP contribution < -0.4 is 16.0 Å². The zero-order valence-electron chi connectivity index (χ0n) is 17.8. The van der Waals surface area contributed by atoms with Gasteiger partial charge in [0.2, 0.25) is 11.8 Å². The topological polar surface area (TPSA) is 90.5 Å². The van der Waals surface area contributed by atoms with Gasteiger partial charge in [0.15, 0.2) is 0 Å². The van der Waals surface area contributed by atoms with Crippen LogP contribution in [0.2, 0.25) is 0 Å². The van der Waals surface area contributed by atoms with Crippen molar-refractivity contribution in [2.75, 3.05) is 19.6 Å². The SMILES string of the molecule is CCCCNC(=O)C1CCC(C)N(CC(=O)NC(=O)NC2CCCCC2C)C1. The number of nitrogens with zero attached hydrogens (tertiary/aromatic N) is 1. The van der Waals surface area contributed by atoms with Crippen LogP contribution in [0.3, 0.4) is 0 Å². The van der Waals surface area contributed by atoms with Crippen molar-refractivity contribution in [2.24, 2.45) is 11.8 Å². The minimum atomic E-state index is -0.401. The predicted octanol–water partition coefficient (Wildman–Crippen LogP) is 2.41. The summed E-state index contributed by atoms with van der Waals surface area (Å²) in [5.41, 5.74) is 0. The Kier molecular flexibility index (Phi) is 9.22. The maximum absolute atomic E-state index is 12.4. The Hall–Kier alpha value is -1.63. The van der Waals surface area contributed by atoms with Gasteiger partial charge in [-0.2, -0.15) is 0 Å². The summed E-state index contributed by atoms with van der Waals surface area (Å²) in [6, 6.07) is -0.0270. The van der Waals surface area contributed by atoms with Crippen molar-refractivity contribution in [2.45, 2.75) is 84.2 Å². The van der Waals surface area contributed by atoms with E-state index in [1.807, 2.05) is 4.90 Å². The Bertz CT molecular complexity index is 540. The van der Waals surface area contributed by atoms with Crippen molar-refractivity contribution in [1.82, 2.24) is 20.9 Å². The molecule has 1 saturated heterocycles. The molecule has 2 rings (SSSR count). The first-order valence-electron chi connectivity index (χ1n) is 11.0. The number of hydrogen-bond donors (Lipinski definition) is 3. The van der Waals surface area contributed by atoms with Gasteiger partial charge < -0.3 is 10.6 Å². The molecule has 0 spiro atoms. The van der Waals surface area contributed by atoms with E-state index in [-0.39, 0.29) is 36.4 Å². The second-order valence-corrected chi connectivity index (χ2v) is 8.59. The van der Waals surface area contributed by atoms with Crippen LogP contribution in [0.4, 0.5) is 4.79 Å². The van der Waals surface area contributed by atoms with Crippen LogP contribution in [0.1, 0.15) is 72.1 Å². The minimum Gasteiger partial charge on any atom is -0.356 e. The molecule has 4 atom stereocenters. The normalized spacial score (nSPS) is 28.4. The van der Waals surface area contributed by atoms with Gasteiger partial charge in [-0.1, -0.05) is 33.1 Å². The molecule has 0 bridgehead atoms. The lowest BCUT2D eigenvalue weighted by molar-refractivity contribution is -0.129. The zero-order chi connectivity index (χ0) is 20.5. The number of urea groups is 1. The molecule has 0 radical (unpaired) electrons. The lowest BCUT2D eigenvalue weighted by Crippen LogP contribution is -2.53. The average molecular weight is 395 g/mol. The Morgan fingerprint density at radius 3 is 2.50 bits per heavy atom. The highest BCUT2D eigenvalue weighted by Gasteiger charge is 2.31. The molecule has 4 amide bonds. The zero-order valence-corrected chi connectivity index (χ0v) is 17.8. The van der Waals surface area contributed by atoms with E-state index in [0.29, 0.717) is 19.0 Å². The molecule has 0 aromatic heterocycles. The van der Waals surface area contributed by atoms with Gasteiger partial charge in [0.1, 0.15) is 0 Å². The van der Waals surface area contributed by atoms with Crippen LogP contribution in [-0.2, 0) is 9.59 Å². The standard InChI is InChI=1S/C21H38N4O3/c1-4-5-12-22-20(27)17-11-10-16(3)25(13-17)14-19(26)24-21(28)23-18-9-7-6-8-15(18)2/h15-18H,4-14H2,1-3H3,(H,22,27)(H2,23,24,26,28). The van der Waals surface area contributed by atoms with E-state index in [2.05, 4.69) is 36.7 Å². The van der Waals surface area contributed by atoms with Crippen LogP contribution >= 0.6 is 0 Å². The Labute approximate surface area is 169 Å². The summed E-state index contributed by atoms with van der Waals surface area (Å²) >= 11 is 0. The second kappa shape index (κ2) is 11.4. The van der Waals surface area contributed by atoms with Crippen molar-refractivity contribution in [1.29, 1.82) is 0 Å². The highest BCUT2D eigenvalue weighted by atomic mass is 16.2. The van der Waals surface area contributed by atoms with E-state index >= 15 is 0 Å². The molecular formula is C21H38N4O3. The van der Waals surface area contributed by atoms with Gasteiger partial charge in [-0.05, 0) is 44.9 Å². The van der Waals surface area contributed by atoms with Crippen molar-refractivity contribution in [3.8, 4) is 0 Å². The Morgan fingerprint density at radius 1 is 1.04 bits per heavy atom. The lowest BCUT2D eigenvalue weighted by atomic mass is 9.86. The molecule has 2 aliphatic rings. The van der Waals surface area contributed by atoms with Crippen LogP contribution in [0.5, 0.6) is 0 Å². The van der Waals surface area contributed by atoms with E-state index < -0.39 is 6.03 Å². The van der Waals surface area contributed by atoms with Crippen LogP contribution in [0.15, 0.2) is 0 Å². The quantitative estimate of drug-likeness (QED) is 0.579. The van der Waals surface area contributed by atoms with Gasteiger partial charge >= 0.3 is 6.03 Å². The number of unbranched alkanes of at least 4 members (excludes halogenated alkanes) is 1. The average Bonchev–Trinajstić information content (AvgIpc) is 2.65. The van der Waals surface area contributed by atoms with Crippen molar-refractivity contribution >= 4 is 17.8 Å². The molecule has 0 aromatic rings. The van der Waals surface area contributed by atoms with Crippen LogP contribution in [-0.4, -0.2) is 54.5 Å². The molecule has 3 N–H and O–H groups in total. The first-order chi connectivity index (χ1) is 13.4. The largest absolute Gasteiger partial charge is 0.356 e. The van der Waals surface area contributed by atoms with Crippen molar-refractivity contribution in [3.05, 3.63) is 0 Å². The molecule has 160 valence electrons. The molecule has 1 heterocycles. The molecule has 0 aromatic carbocycles. The van der Waals surface area contributed by atoms with E-state index in [0.717, 1.165) is 44.9 Å². The first kappa shape index (κ1) is 22.7. The molecule has 1 aliphatic heterocycles. The fraction of sp³-hybridized carbons (Fsp3) is 0.857. The van der Waals surface area contributed by atoms with Crippen molar-refractivity contribution in [3.63, 3.8) is 0 Å². The third kappa shape index (κ3) is 7.08. The van der Waals surface area contributed by atoms with Crippen LogP contribution in [0.25, 0.3) is 0 Å². The molecule has 1 aliphatic carbocycles. The summed E-state index contributed by atoms with van der Waals surface area (Å²) in [7, 11) is 0. The second-order valence-electron chi connectivity index (χ2n) is 8.59. The maximum atomic E-state index is 12.4. The lowest BCUT2D eigenvalue weighted by Gasteiger charge is -2.36. The van der Waals surface area contributed by atoms with E-state index in [4.69, 9.17) is 0 Å². The number of likely N-dealkylation sites (tertiary alicyclic amines) is 1. The number of amides is 4. The molecular weight excluding hydrogens is 356 g/mol. The molecule has 2 fully saturated rings. The van der Waals surface area contributed by atoms with Gasteiger partial charge in [-0.3, -0.25) is 19.8 Å². The monoisotopic (exact) mass is 394 g/mol. The number of carbonyl (C=O) groups excluding carboxylic acids is 3. The number of piperidine rings is 1. The van der Waals surface area contributed by atoms with Gasteiger partial charge in [0.05, 0.1) is 12.5 Å². The van der Waals surface area contributed by atoms with Gasteiger partial charge in [-0.15, -0.1) is 0 Å². The number of hydrogen-bond acceptors (Lipinski definition) is 4. The van der Waals surface area contributed by atoms with Crippen molar-refractivity contribution < 1.29 is 14.4 Å². The number of carbonyl (C=O) groups is 3. The van der Waals surface area contributed by atoms with E-state index in [9.17, 15) is 14.4 Å². The smallest absolute Gasteiger partial charge is 0.321 e. The summed E-state index contributed by atoms with van der Waals surface area (Å²) in [4.78, 5) is 38.9. The highest BCUT2D eigenvalue weighted by Crippen LogP contribution is 2.24. The first-order valence-corrected chi connectivity index (χ1v) is 11.0. The summed E-state index contributed by atoms with van der Waals surface area (Å²) in [5, 5.41) is 8.41. The molecule has 4 unspecified atom stereocenters. The number of imide groups is 1. The number of rotatable bonds is 7. The Balaban J connectivity index is 1.77.